The SMILES string of the molecule is N#Cc1ccc(Oc2ccc3nc(NCCC4CCCCC4)sc3c2)cn1. The Morgan fingerprint density at radius 2 is 2.00 bits per heavy atom. The quantitative estimate of drug-likeness (QED) is 0.592. The zero-order valence-corrected chi connectivity index (χ0v) is 16.0. The number of anilines is 1. The van der Waals surface area contributed by atoms with Gasteiger partial charge in [-0.1, -0.05) is 43.4 Å². The normalized spacial score (nSPS) is 14.8. The maximum Gasteiger partial charge on any atom is 0.183 e. The summed E-state index contributed by atoms with van der Waals surface area (Å²) in [7, 11) is 0. The van der Waals surface area contributed by atoms with Crippen molar-refractivity contribution in [3.63, 3.8) is 0 Å². The van der Waals surface area contributed by atoms with Gasteiger partial charge < -0.3 is 10.1 Å². The smallest absolute Gasteiger partial charge is 0.183 e. The van der Waals surface area contributed by atoms with E-state index in [1.165, 1.54) is 38.5 Å². The Labute approximate surface area is 163 Å². The van der Waals surface area contributed by atoms with E-state index in [1.807, 2.05) is 24.3 Å². The molecule has 1 N–H and O–H groups in total. The van der Waals surface area contributed by atoms with Crippen LogP contribution < -0.4 is 10.1 Å². The minimum Gasteiger partial charge on any atom is -0.456 e. The molecule has 0 spiro atoms. The molecule has 1 fully saturated rings. The van der Waals surface area contributed by atoms with Crippen molar-refractivity contribution >= 4 is 26.7 Å². The zero-order valence-electron chi connectivity index (χ0n) is 15.1. The summed E-state index contributed by atoms with van der Waals surface area (Å²) in [4.78, 5) is 8.70. The van der Waals surface area contributed by atoms with Gasteiger partial charge in [-0.15, -0.1) is 0 Å². The number of thiazole rings is 1. The number of pyridine rings is 1. The minimum atomic E-state index is 0.379. The summed E-state index contributed by atoms with van der Waals surface area (Å²) >= 11 is 1.65. The molecule has 1 saturated carbocycles. The van der Waals surface area contributed by atoms with Crippen LogP contribution in [-0.4, -0.2) is 16.5 Å². The molecule has 0 atom stereocenters. The first kappa shape index (κ1) is 17.7. The van der Waals surface area contributed by atoms with E-state index in [2.05, 4.69) is 15.3 Å². The van der Waals surface area contributed by atoms with Gasteiger partial charge in [-0.25, -0.2) is 9.97 Å². The maximum atomic E-state index is 8.81. The molecule has 3 aromatic rings. The number of hydrogen-bond acceptors (Lipinski definition) is 6. The van der Waals surface area contributed by atoms with Crippen molar-refractivity contribution in [3.05, 3.63) is 42.2 Å². The predicted octanol–water partition coefficient (Wildman–Crippen LogP) is 5.74. The summed E-state index contributed by atoms with van der Waals surface area (Å²) in [5.74, 6) is 2.23. The highest BCUT2D eigenvalue weighted by Gasteiger charge is 2.13. The van der Waals surface area contributed by atoms with E-state index in [0.717, 1.165) is 33.6 Å². The van der Waals surface area contributed by atoms with Crippen LogP contribution in [0.25, 0.3) is 10.2 Å². The van der Waals surface area contributed by atoms with E-state index in [4.69, 9.17) is 10.00 Å². The fourth-order valence-corrected chi connectivity index (χ4v) is 4.47. The molecule has 2 heterocycles. The fraction of sp³-hybridized carbons (Fsp3) is 0.381. The number of rotatable bonds is 6. The highest BCUT2D eigenvalue weighted by Crippen LogP contribution is 2.32. The van der Waals surface area contributed by atoms with Crippen molar-refractivity contribution < 1.29 is 4.74 Å². The van der Waals surface area contributed by atoms with Gasteiger partial charge in [-0.05, 0) is 36.6 Å². The molecule has 0 saturated heterocycles. The van der Waals surface area contributed by atoms with Gasteiger partial charge in [0.15, 0.2) is 5.13 Å². The predicted molar refractivity (Wildman–Crippen MR) is 108 cm³/mol. The Balaban J connectivity index is 1.38. The van der Waals surface area contributed by atoms with Crippen LogP contribution in [0.1, 0.15) is 44.2 Å². The third-order valence-electron chi connectivity index (χ3n) is 5.00. The second-order valence-corrected chi connectivity index (χ2v) is 7.99. The standard InChI is InChI=1S/C21H22N4OS/c22-13-16-6-7-18(14-24-16)26-17-8-9-19-20(12-17)27-21(25-19)23-11-10-15-4-2-1-3-5-15/h6-9,12,14-15H,1-5,10-11H2,(H,23,25). The molecule has 4 rings (SSSR count). The molecule has 1 aliphatic rings. The largest absolute Gasteiger partial charge is 0.456 e. The molecule has 0 unspecified atom stereocenters. The van der Waals surface area contributed by atoms with E-state index >= 15 is 0 Å². The van der Waals surface area contributed by atoms with E-state index < -0.39 is 0 Å². The molecule has 6 heteroatoms. The van der Waals surface area contributed by atoms with E-state index in [1.54, 1.807) is 29.7 Å². The summed E-state index contributed by atoms with van der Waals surface area (Å²) in [6, 6.07) is 11.3. The lowest BCUT2D eigenvalue weighted by molar-refractivity contribution is 0.345. The van der Waals surface area contributed by atoms with Gasteiger partial charge in [-0.2, -0.15) is 5.26 Å². The van der Waals surface area contributed by atoms with Gasteiger partial charge in [0, 0.05) is 12.6 Å². The van der Waals surface area contributed by atoms with E-state index in [9.17, 15) is 0 Å². The third-order valence-corrected chi connectivity index (χ3v) is 5.98. The first-order chi connectivity index (χ1) is 13.3. The Kier molecular flexibility index (Phi) is 5.50. The topological polar surface area (TPSA) is 70.8 Å². The molecule has 0 radical (unpaired) electrons. The summed E-state index contributed by atoms with van der Waals surface area (Å²) in [6.07, 6.45) is 9.75. The number of fused-ring (bicyclic) bond motifs is 1. The Bertz CT molecular complexity index is 939. The lowest BCUT2D eigenvalue weighted by Crippen LogP contribution is -2.11. The van der Waals surface area contributed by atoms with Crippen molar-refractivity contribution in [1.82, 2.24) is 9.97 Å². The molecule has 0 aliphatic heterocycles. The van der Waals surface area contributed by atoms with Crippen molar-refractivity contribution in [3.8, 4) is 17.6 Å². The fourth-order valence-electron chi connectivity index (χ4n) is 3.55. The van der Waals surface area contributed by atoms with Gasteiger partial charge in [0.05, 0.1) is 16.4 Å². The Hall–Kier alpha value is -2.65. The van der Waals surface area contributed by atoms with Crippen LogP contribution in [0.4, 0.5) is 5.13 Å². The lowest BCUT2D eigenvalue weighted by atomic mass is 9.87. The number of nitriles is 1. The van der Waals surface area contributed by atoms with Crippen LogP contribution in [0.5, 0.6) is 11.5 Å². The molecule has 1 aliphatic carbocycles. The molecule has 0 amide bonds. The van der Waals surface area contributed by atoms with Crippen LogP contribution in [0.15, 0.2) is 36.5 Å². The second-order valence-electron chi connectivity index (χ2n) is 6.96. The maximum absolute atomic E-state index is 8.81. The molecule has 27 heavy (non-hydrogen) atoms. The molecule has 138 valence electrons. The molecule has 1 aromatic carbocycles. The van der Waals surface area contributed by atoms with Crippen LogP contribution >= 0.6 is 11.3 Å². The van der Waals surface area contributed by atoms with Gasteiger partial charge >= 0.3 is 0 Å². The van der Waals surface area contributed by atoms with E-state index in [-0.39, 0.29) is 0 Å². The van der Waals surface area contributed by atoms with Gasteiger partial charge in [0.25, 0.3) is 0 Å². The van der Waals surface area contributed by atoms with Gasteiger partial charge in [0.1, 0.15) is 23.3 Å². The van der Waals surface area contributed by atoms with Gasteiger partial charge in [-0.3, -0.25) is 0 Å². The number of nitrogens with zero attached hydrogens (tertiary/aromatic N) is 3. The van der Waals surface area contributed by atoms with Crippen LogP contribution in [0, 0.1) is 17.2 Å². The first-order valence-corrected chi connectivity index (χ1v) is 10.3. The Morgan fingerprint density at radius 3 is 2.78 bits per heavy atom. The average molecular weight is 379 g/mol. The molecule has 0 bridgehead atoms. The zero-order chi connectivity index (χ0) is 18.5. The second kappa shape index (κ2) is 8.36. The number of ether oxygens (including phenoxy) is 1. The molecular formula is C21H22N4OS. The summed E-state index contributed by atoms with van der Waals surface area (Å²) < 4.78 is 6.93. The summed E-state index contributed by atoms with van der Waals surface area (Å²) in [6.45, 7) is 0.991. The number of benzene rings is 1. The summed E-state index contributed by atoms with van der Waals surface area (Å²) in [5, 5.41) is 13.3. The highest BCUT2D eigenvalue weighted by molar-refractivity contribution is 7.22. The third kappa shape index (κ3) is 4.55. The Morgan fingerprint density at radius 1 is 1.15 bits per heavy atom. The number of aromatic nitrogens is 2. The molecular weight excluding hydrogens is 356 g/mol. The summed E-state index contributed by atoms with van der Waals surface area (Å²) in [5.41, 5.74) is 1.36. The lowest BCUT2D eigenvalue weighted by Gasteiger charge is -2.21. The van der Waals surface area contributed by atoms with Crippen molar-refractivity contribution in [1.29, 1.82) is 5.26 Å². The van der Waals surface area contributed by atoms with Crippen molar-refractivity contribution in [2.24, 2.45) is 5.92 Å². The van der Waals surface area contributed by atoms with Crippen molar-refractivity contribution in [2.45, 2.75) is 38.5 Å². The van der Waals surface area contributed by atoms with Crippen LogP contribution in [0.3, 0.4) is 0 Å². The minimum absolute atomic E-state index is 0.379. The van der Waals surface area contributed by atoms with Crippen LogP contribution in [-0.2, 0) is 0 Å². The average Bonchev–Trinajstić information content (AvgIpc) is 3.11. The molecule has 2 aromatic heterocycles. The van der Waals surface area contributed by atoms with Crippen LogP contribution in [0.2, 0.25) is 0 Å². The monoisotopic (exact) mass is 378 g/mol. The number of hydrogen-bond donors (Lipinski definition) is 1. The first-order valence-electron chi connectivity index (χ1n) is 9.48. The van der Waals surface area contributed by atoms with E-state index in [0.29, 0.717) is 11.4 Å². The van der Waals surface area contributed by atoms with Gasteiger partial charge in [0.2, 0.25) is 0 Å². The van der Waals surface area contributed by atoms with Crippen molar-refractivity contribution in [2.75, 3.05) is 11.9 Å². The highest BCUT2D eigenvalue weighted by atomic mass is 32.1. The molecule has 5 nitrogen and oxygen atoms in total. The number of nitrogens with one attached hydrogen (secondary N) is 1.